The molecule has 3 heterocycles. The number of carbonyl (C=O) groups excluding carboxylic acids is 1. The number of fused-ring (bicyclic) bond motifs is 1. The van der Waals surface area contributed by atoms with Crippen molar-refractivity contribution in [3.8, 4) is 11.5 Å². The molecule has 0 bridgehead atoms. The van der Waals surface area contributed by atoms with Crippen LogP contribution in [0.3, 0.4) is 0 Å². The van der Waals surface area contributed by atoms with Crippen LogP contribution >= 0.6 is 0 Å². The Balaban J connectivity index is 1.23. The van der Waals surface area contributed by atoms with Crippen LogP contribution in [0.25, 0.3) is 22.6 Å². The lowest BCUT2D eigenvalue weighted by Crippen LogP contribution is -2.43. The lowest BCUT2D eigenvalue weighted by atomic mass is 10.1. The van der Waals surface area contributed by atoms with Crippen LogP contribution in [-0.2, 0) is 18.4 Å². The highest BCUT2D eigenvalue weighted by Gasteiger charge is 2.30. The van der Waals surface area contributed by atoms with E-state index in [0.717, 1.165) is 53.1 Å². The van der Waals surface area contributed by atoms with Crippen molar-refractivity contribution in [3.05, 3.63) is 54.2 Å². The van der Waals surface area contributed by atoms with E-state index in [9.17, 15) is 4.79 Å². The number of hydrogen-bond donors (Lipinski definition) is 4. The number of hydrogen-bond acceptors (Lipinski definition) is 6. The summed E-state index contributed by atoms with van der Waals surface area (Å²) in [5.41, 5.74) is 5.55. The SMILES string of the molecule is CN=C(NC)Nc1ccc(N2CCC[C@H]2C(=O)NCc2ccc3nc(-c4cnnn4C)[nH]c3c2)cc1. The van der Waals surface area contributed by atoms with Crippen molar-refractivity contribution in [1.29, 1.82) is 0 Å². The maximum atomic E-state index is 13.1. The Morgan fingerprint density at radius 2 is 2.06 bits per heavy atom. The van der Waals surface area contributed by atoms with E-state index in [-0.39, 0.29) is 11.9 Å². The van der Waals surface area contributed by atoms with Crippen molar-refractivity contribution >= 4 is 34.3 Å². The van der Waals surface area contributed by atoms with Gasteiger partial charge in [0, 0.05) is 45.6 Å². The number of anilines is 2. The van der Waals surface area contributed by atoms with Crippen molar-refractivity contribution in [2.24, 2.45) is 12.0 Å². The van der Waals surface area contributed by atoms with Crippen molar-refractivity contribution in [1.82, 2.24) is 35.6 Å². The van der Waals surface area contributed by atoms with E-state index in [0.29, 0.717) is 18.3 Å². The molecule has 5 rings (SSSR count). The fourth-order valence-electron chi connectivity index (χ4n) is 4.55. The second-order valence-corrected chi connectivity index (χ2v) is 8.74. The zero-order valence-corrected chi connectivity index (χ0v) is 20.6. The number of imidazole rings is 1. The summed E-state index contributed by atoms with van der Waals surface area (Å²) in [5, 5.41) is 17.2. The maximum Gasteiger partial charge on any atom is 0.242 e. The second-order valence-electron chi connectivity index (χ2n) is 8.74. The standard InChI is InChI=1S/C25H30N10O/c1-26-25(27-2)30-17-7-9-18(10-8-17)35-12-4-5-21(35)24(36)28-14-16-6-11-19-20(13-16)32-23(31-19)22-15-29-33-34(22)3/h6-11,13,15,21H,4-5,12,14H2,1-3H3,(H,28,36)(H,31,32)(H2,26,27,30)/t21-/m0/s1. The van der Waals surface area contributed by atoms with E-state index >= 15 is 0 Å². The second kappa shape index (κ2) is 10.1. The van der Waals surface area contributed by atoms with E-state index in [1.807, 2.05) is 56.6 Å². The van der Waals surface area contributed by atoms with E-state index in [1.165, 1.54) is 0 Å². The van der Waals surface area contributed by atoms with Crippen LogP contribution in [0.2, 0.25) is 0 Å². The molecule has 0 unspecified atom stereocenters. The highest BCUT2D eigenvalue weighted by molar-refractivity contribution is 5.93. The maximum absolute atomic E-state index is 13.1. The molecular weight excluding hydrogens is 456 g/mol. The summed E-state index contributed by atoms with van der Waals surface area (Å²) in [7, 11) is 5.38. The normalized spacial score (nSPS) is 15.9. The van der Waals surface area contributed by atoms with Crippen molar-refractivity contribution < 1.29 is 4.79 Å². The minimum Gasteiger partial charge on any atom is -0.360 e. The van der Waals surface area contributed by atoms with Gasteiger partial charge < -0.3 is 25.8 Å². The Hall–Kier alpha value is -4.41. The van der Waals surface area contributed by atoms with Gasteiger partial charge in [0.25, 0.3) is 0 Å². The Morgan fingerprint density at radius 3 is 2.78 bits per heavy atom. The lowest BCUT2D eigenvalue weighted by molar-refractivity contribution is -0.122. The monoisotopic (exact) mass is 486 g/mol. The van der Waals surface area contributed by atoms with Crippen molar-refractivity contribution in [2.75, 3.05) is 30.9 Å². The molecule has 11 heteroatoms. The van der Waals surface area contributed by atoms with Gasteiger partial charge in [-0.15, -0.1) is 5.10 Å². The van der Waals surface area contributed by atoms with Crippen molar-refractivity contribution in [2.45, 2.75) is 25.4 Å². The van der Waals surface area contributed by atoms with Gasteiger partial charge >= 0.3 is 0 Å². The number of aromatic amines is 1. The molecule has 4 N–H and O–H groups in total. The summed E-state index contributed by atoms with van der Waals surface area (Å²) >= 11 is 0. The summed E-state index contributed by atoms with van der Waals surface area (Å²) in [4.78, 5) is 27.4. The first-order valence-corrected chi connectivity index (χ1v) is 12.0. The number of benzene rings is 2. The minimum absolute atomic E-state index is 0.0386. The number of carbonyl (C=O) groups is 1. The first kappa shape index (κ1) is 23.3. The Kier molecular flexibility index (Phi) is 6.52. The van der Waals surface area contributed by atoms with Gasteiger partial charge in [-0.2, -0.15) is 0 Å². The van der Waals surface area contributed by atoms with Crippen LogP contribution < -0.4 is 20.9 Å². The molecule has 1 amide bonds. The average Bonchev–Trinajstić information content (AvgIpc) is 3.65. The zero-order chi connectivity index (χ0) is 25.1. The van der Waals surface area contributed by atoms with E-state index < -0.39 is 0 Å². The third kappa shape index (κ3) is 4.72. The van der Waals surface area contributed by atoms with Crippen LogP contribution in [0, 0.1) is 0 Å². The van der Waals surface area contributed by atoms with Gasteiger partial charge in [0.05, 0.1) is 17.2 Å². The largest absolute Gasteiger partial charge is 0.360 e. The summed E-state index contributed by atoms with van der Waals surface area (Å²) in [6.07, 6.45) is 3.49. The minimum atomic E-state index is -0.186. The van der Waals surface area contributed by atoms with E-state index in [4.69, 9.17) is 0 Å². The van der Waals surface area contributed by atoms with Gasteiger partial charge in [-0.3, -0.25) is 9.79 Å². The predicted molar refractivity (Wildman–Crippen MR) is 141 cm³/mol. The topological polar surface area (TPSA) is 128 Å². The van der Waals surface area contributed by atoms with Gasteiger partial charge in [-0.25, -0.2) is 9.67 Å². The lowest BCUT2D eigenvalue weighted by Gasteiger charge is -2.26. The number of aryl methyl sites for hydroxylation is 1. The van der Waals surface area contributed by atoms with Crippen LogP contribution in [0.5, 0.6) is 0 Å². The van der Waals surface area contributed by atoms with Crippen LogP contribution in [0.15, 0.2) is 53.7 Å². The first-order valence-electron chi connectivity index (χ1n) is 12.0. The number of aliphatic imine (C=N–C) groups is 1. The number of guanidine groups is 1. The number of nitrogens with one attached hydrogen (secondary N) is 4. The fraction of sp³-hybridized carbons (Fsp3) is 0.320. The molecule has 11 nitrogen and oxygen atoms in total. The Bertz CT molecular complexity index is 1390. The number of nitrogens with zero attached hydrogens (tertiary/aromatic N) is 6. The van der Waals surface area contributed by atoms with Gasteiger partial charge in [-0.05, 0) is 54.8 Å². The molecule has 1 saturated heterocycles. The molecule has 1 atom stereocenters. The smallest absolute Gasteiger partial charge is 0.242 e. The number of H-pyrrole nitrogens is 1. The molecular formula is C25H30N10O. The molecule has 36 heavy (non-hydrogen) atoms. The van der Waals surface area contributed by atoms with Gasteiger partial charge in [-0.1, -0.05) is 11.3 Å². The molecule has 2 aromatic heterocycles. The number of amides is 1. The highest BCUT2D eigenvalue weighted by Crippen LogP contribution is 2.27. The summed E-state index contributed by atoms with van der Waals surface area (Å²) < 4.78 is 1.68. The summed E-state index contributed by atoms with van der Waals surface area (Å²) in [6.45, 7) is 1.31. The molecule has 1 aliphatic heterocycles. The third-order valence-electron chi connectivity index (χ3n) is 6.45. The van der Waals surface area contributed by atoms with Crippen molar-refractivity contribution in [3.63, 3.8) is 0 Å². The predicted octanol–water partition coefficient (Wildman–Crippen LogP) is 2.26. The average molecular weight is 487 g/mol. The molecule has 1 fully saturated rings. The van der Waals surface area contributed by atoms with Gasteiger partial charge in [0.2, 0.25) is 5.91 Å². The Labute approximate surface area is 209 Å². The van der Waals surface area contributed by atoms with Crippen LogP contribution in [0.4, 0.5) is 11.4 Å². The number of rotatable bonds is 6. The molecule has 0 spiro atoms. The van der Waals surface area contributed by atoms with Crippen LogP contribution in [0.1, 0.15) is 18.4 Å². The third-order valence-corrected chi connectivity index (χ3v) is 6.45. The van der Waals surface area contributed by atoms with E-state index in [2.05, 4.69) is 46.1 Å². The quantitative estimate of drug-likeness (QED) is 0.243. The highest BCUT2D eigenvalue weighted by atomic mass is 16.2. The van der Waals surface area contributed by atoms with Gasteiger partial charge in [0.1, 0.15) is 11.7 Å². The fourth-order valence-corrected chi connectivity index (χ4v) is 4.55. The number of aromatic nitrogens is 5. The van der Waals surface area contributed by atoms with Gasteiger partial charge in [0.15, 0.2) is 11.8 Å². The molecule has 0 saturated carbocycles. The zero-order valence-electron chi connectivity index (χ0n) is 20.6. The van der Waals surface area contributed by atoms with E-state index in [1.54, 1.807) is 17.9 Å². The molecule has 2 aromatic carbocycles. The molecule has 4 aromatic rings. The molecule has 186 valence electrons. The molecule has 0 aliphatic carbocycles. The first-order chi connectivity index (χ1) is 17.6. The van der Waals surface area contributed by atoms with Crippen LogP contribution in [-0.4, -0.2) is 63.5 Å². The molecule has 1 aliphatic rings. The summed E-state index contributed by atoms with van der Waals surface area (Å²) in [5.74, 6) is 1.45. The Morgan fingerprint density at radius 1 is 1.22 bits per heavy atom. The summed E-state index contributed by atoms with van der Waals surface area (Å²) in [6, 6.07) is 13.9. The molecule has 0 radical (unpaired) electrons.